The smallest absolute Gasteiger partial charge is 0.00930 e. The fraction of sp³-hybridized carbons (Fsp3) is 0. The molecule has 122 valence electrons. The molecular weight excluding hydrogens is 312 g/mol. The van der Waals surface area contributed by atoms with Gasteiger partial charge >= 0.3 is 0 Å². The van der Waals surface area contributed by atoms with Gasteiger partial charge in [-0.25, -0.2) is 0 Å². The van der Waals surface area contributed by atoms with E-state index < -0.39 is 0 Å². The van der Waals surface area contributed by atoms with E-state index in [4.69, 9.17) is 0 Å². The Hall–Kier alpha value is -3.38. The van der Waals surface area contributed by atoms with Gasteiger partial charge in [0.25, 0.3) is 0 Å². The quantitative estimate of drug-likeness (QED) is 0.235. The minimum absolute atomic E-state index is 1.22. The van der Waals surface area contributed by atoms with Crippen LogP contribution >= 0.6 is 0 Å². The first-order valence-corrected chi connectivity index (χ1v) is 8.96. The second-order valence-electron chi connectivity index (χ2n) is 6.64. The molecule has 0 aliphatic rings. The van der Waals surface area contributed by atoms with Gasteiger partial charge in [-0.1, -0.05) is 103 Å². The molecule has 5 aromatic carbocycles. The van der Waals surface area contributed by atoms with Crippen LogP contribution in [0, 0.1) is 0 Å². The van der Waals surface area contributed by atoms with Crippen molar-refractivity contribution in [3.8, 4) is 0 Å². The maximum atomic E-state index is 2.31. The maximum Gasteiger partial charge on any atom is -0.00930 e. The highest BCUT2D eigenvalue weighted by Gasteiger charge is 2.07. The summed E-state index contributed by atoms with van der Waals surface area (Å²) in [5.74, 6) is 0. The third-order valence-corrected chi connectivity index (χ3v) is 5.04. The molecule has 0 aromatic heterocycles. The van der Waals surface area contributed by atoms with Gasteiger partial charge in [0, 0.05) is 0 Å². The lowest BCUT2D eigenvalue weighted by Gasteiger charge is -2.10. The number of benzene rings is 5. The normalized spacial score (nSPS) is 11.7. The van der Waals surface area contributed by atoms with Gasteiger partial charge in [-0.05, 0) is 49.5 Å². The molecule has 0 aliphatic heterocycles. The van der Waals surface area contributed by atoms with Crippen molar-refractivity contribution in [2.24, 2.45) is 0 Å². The lowest BCUT2D eigenvalue weighted by molar-refractivity contribution is 1.66. The molecule has 26 heavy (non-hydrogen) atoms. The van der Waals surface area contributed by atoms with E-state index >= 15 is 0 Å². The zero-order valence-electron chi connectivity index (χ0n) is 14.4. The van der Waals surface area contributed by atoms with Crippen molar-refractivity contribution >= 4 is 44.5 Å². The Bertz CT molecular complexity index is 1230. The molecule has 0 nitrogen and oxygen atoms in total. The third-order valence-electron chi connectivity index (χ3n) is 5.04. The molecule has 5 rings (SSSR count). The van der Waals surface area contributed by atoms with Gasteiger partial charge in [-0.2, -0.15) is 0 Å². The summed E-state index contributed by atoms with van der Waals surface area (Å²) in [4.78, 5) is 0. The first-order chi connectivity index (χ1) is 12.9. The first-order valence-electron chi connectivity index (χ1n) is 8.96. The third kappa shape index (κ3) is 2.48. The highest BCUT2D eigenvalue weighted by Crippen LogP contribution is 2.35. The SMILES string of the molecule is C(=C\c1ccc2c3ccccc3c3ccccc3c2c1)/c1ccccc1. The molecule has 0 bridgehead atoms. The van der Waals surface area contributed by atoms with Crippen LogP contribution in [0.5, 0.6) is 0 Å². The summed E-state index contributed by atoms with van der Waals surface area (Å²) in [5, 5.41) is 7.91. The van der Waals surface area contributed by atoms with Gasteiger partial charge in [0.15, 0.2) is 0 Å². The standard InChI is InChI=1S/C26H18/c1-2-8-19(9-3-1)14-15-20-16-17-25-23-12-5-4-10-21(23)22-11-6-7-13-24(22)26(25)18-20/h1-18H/b15-14+. The molecule has 0 spiro atoms. The molecule has 0 radical (unpaired) electrons. The summed E-state index contributed by atoms with van der Waals surface area (Å²) in [6.45, 7) is 0. The van der Waals surface area contributed by atoms with Crippen LogP contribution in [0.3, 0.4) is 0 Å². The molecule has 0 aliphatic carbocycles. The molecule has 5 aromatic rings. The Balaban J connectivity index is 1.77. The Kier molecular flexibility index (Phi) is 3.54. The Morgan fingerprint density at radius 2 is 0.808 bits per heavy atom. The largest absolute Gasteiger partial charge is 0.0622 e. The summed E-state index contributed by atoms with van der Waals surface area (Å²) in [7, 11) is 0. The first kappa shape index (κ1) is 14.9. The molecule has 0 saturated heterocycles. The van der Waals surface area contributed by atoms with E-state index in [-0.39, 0.29) is 0 Å². The molecular formula is C26H18. The zero-order valence-corrected chi connectivity index (χ0v) is 14.4. The van der Waals surface area contributed by atoms with Gasteiger partial charge in [0.05, 0.1) is 0 Å². The van der Waals surface area contributed by atoms with E-state index in [0.717, 1.165) is 0 Å². The van der Waals surface area contributed by atoms with Gasteiger partial charge in [0.1, 0.15) is 0 Å². The summed E-state index contributed by atoms with van der Waals surface area (Å²) >= 11 is 0. The van der Waals surface area contributed by atoms with Crippen LogP contribution in [0.15, 0.2) is 97.1 Å². The Morgan fingerprint density at radius 3 is 1.42 bits per heavy atom. The zero-order chi connectivity index (χ0) is 17.3. The minimum Gasteiger partial charge on any atom is -0.0622 e. The van der Waals surface area contributed by atoms with Gasteiger partial charge in [-0.3, -0.25) is 0 Å². The number of fused-ring (bicyclic) bond motifs is 6. The molecule has 0 N–H and O–H groups in total. The lowest BCUT2D eigenvalue weighted by Crippen LogP contribution is -1.84. The van der Waals surface area contributed by atoms with Gasteiger partial charge in [-0.15, -0.1) is 0 Å². The van der Waals surface area contributed by atoms with Crippen LogP contribution < -0.4 is 0 Å². The molecule has 0 unspecified atom stereocenters. The topological polar surface area (TPSA) is 0 Å². The summed E-state index contributed by atoms with van der Waals surface area (Å²) in [5.41, 5.74) is 2.44. The molecule has 0 heteroatoms. The van der Waals surface area contributed by atoms with E-state index in [0.29, 0.717) is 0 Å². The van der Waals surface area contributed by atoms with Crippen LogP contribution in [-0.4, -0.2) is 0 Å². The average Bonchev–Trinajstić information content (AvgIpc) is 2.73. The maximum absolute atomic E-state index is 2.31. The number of hydrogen-bond acceptors (Lipinski definition) is 0. The van der Waals surface area contributed by atoms with E-state index in [1.54, 1.807) is 0 Å². The summed E-state index contributed by atoms with van der Waals surface area (Å²) in [6, 6.07) is 34.6. The van der Waals surface area contributed by atoms with Crippen molar-refractivity contribution in [3.63, 3.8) is 0 Å². The number of rotatable bonds is 2. The predicted octanol–water partition coefficient (Wildman–Crippen LogP) is 7.32. The molecule has 0 heterocycles. The van der Waals surface area contributed by atoms with E-state index in [9.17, 15) is 0 Å². The van der Waals surface area contributed by atoms with Gasteiger partial charge < -0.3 is 0 Å². The van der Waals surface area contributed by atoms with Crippen molar-refractivity contribution < 1.29 is 0 Å². The Morgan fingerprint density at radius 1 is 0.346 bits per heavy atom. The van der Waals surface area contributed by atoms with E-state index in [2.05, 4.69) is 103 Å². The van der Waals surface area contributed by atoms with Crippen molar-refractivity contribution in [3.05, 3.63) is 108 Å². The van der Waals surface area contributed by atoms with Crippen molar-refractivity contribution in [1.82, 2.24) is 0 Å². The van der Waals surface area contributed by atoms with Crippen LogP contribution in [0.1, 0.15) is 11.1 Å². The molecule has 0 amide bonds. The molecule has 0 saturated carbocycles. The number of hydrogen-bond donors (Lipinski definition) is 0. The summed E-state index contributed by atoms with van der Waals surface area (Å²) in [6.07, 6.45) is 4.36. The fourth-order valence-corrected chi connectivity index (χ4v) is 3.79. The fourth-order valence-electron chi connectivity index (χ4n) is 3.79. The van der Waals surface area contributed by atoms with E-state index in [1.807, 2.05) is 6.07 Å². The molecule has 0 fully saturated rings. The van der Waals surface area contributed by atoms with Gasteiger partial charge in [0.2, 0.25) is 0 Å². The van der Waals surface area contributed by atoms with Crippen molar-refractivity contribution in [2.75, 3.05) is 0 Å². The average molecular weight is 330 g/mol. The monoisotopic (exact) mass is 330 g/mol. The predicted molar refractivity (Wildman–Crippen MR) is 114 cm³/mol. The highest BCUT2D eigenvalue weighted by molar-refractivity contribution is 6.25. The second kappa shape index (κ2) is 6.16. The van der Waals surface area contributed by atoms with Crippen molar-refractivity contribution in [1.29, 1.82) is 0 Å². The van der Waals surface area contributed by atoms with Crippen LogP contribution in [0.2, 0.25) is 0 Å². The minimum atomic E-state index is 1.22. The van der Waals surface area contributed by atoms with Crippen LogP contribution in [0.4, 0.5) is 0 Å². The summed E-state index contributed by atoms with van der Waals surface area (Å²) < 4.78 is 0. The Labute approximate surface area is 153 Å². The van der Waals surface area contributed by atoms with Crippen molar-refractivity contribution in [2.45, 2.75) is 0 Å². The lowest BCUT2D eigenvalue weighted by atomic mass is 9.93. The highest BCUT2D eigenvalue weighted by atomic mass is 14.1. The van der Waals surface area contributed by atoms with E-state index in [1.165, 1.54) is 43.4 Å². The molecule has 0 atom stereocenters. The van der Waals surface area contributed by atoms with Crippen LogP contribution in [-0.2, 0) is 0 Å². The second-order valence-corrected chi connectivity index (χ2v) is 6.64. The van der Waals surface area contributed by atoms with Crippen LogP contribution in [0.25, 0.3) is 44.5 Å².